The molecule has 1 unspecified atom stereocenters. The molecular formula is C22H25F3N2O. The van der Waals surface area contributed by atoms with Crippen molar-refractivity contribution < 1.29 is 18.0 Å². The fourth-order valence-corrected chi connectivity index (χ4v) is 3.44. The van der Waals surface area contributed by atoms with Gasteiger partial charge in [-0.2, -0.15) is 13.2 Å². The predicted molar refractivity (Wildman–Crippen MR) is 103 cm³/mol. The van der Waals surface area contributed by atoms with E-state index in [2.05, 4.69) is 5.32 Å². The summed E-state index contributed by atoms with van der Waals surface area (Å²) in [5.74, 6) is 0.283. The molecule has 0 fully saturated rings. The summed E-state index contributed by atoms with van der Waals surface area (Å²) < 4.78 is 38.9. The number of benzene rings is 2. The SMILES string of the molecule is CC(C)C(C)NC(=O)N1CCc2ccccc2[C@H]1c1ccc(C(F)(F)F)cc1. The molecule has 0 saturated heterocycles. The molecule has 0 aliphatic carbocycles. The number of alkyl halides is 3. The summed E-state index contributed by atoms with van der Waals surface area (Å²) in [6.07, 6.45) is -3.66. The lowest BCUT2D eigenvalue weighted by Gasteiger charge is -2.38. The van der Waals surface area contributed by atoms with Crippen molar-refractivity contribution in [2.75, 3.05) is 6.54 Å². The van der Waals surface area contributed by atoms with Crippen LogP contribution in [0.1, 0.15) is 49.1 Å². The summed E-state index contributed by atoms with van der Waals surface area (Å²) in [7, 11) is 0. The van der Waals surface area contributed by atoms with Gasteiger partial charge in [-0.25, -0.2) is 4.79 Å². The van der Waals surface area contributed by atoms with E-state index >= 15 is 0 Å². The van der Waals surface area contributed by atoms with E-state index in [4.69, 9.17) is 0 Å². The van der Waals surface area contributed by atoms with Gasteiger partial charge in [-0.15, -0.1) is 0 Å². The number of nitrogens with one attached hydrogen (secondary N) is 1. The Hall–Kier alpha value is -2.50. The Kier molecular flexibility index (Phi) is 5.68. The molecule has 0 spiro atoms. The predicted octanol–water partition coefficient (Wildman–Crippen LogP) is 5.41. The third-order valence-corrected chi connectivity index (χ3v) is 5.45. The van der Waals surface area contributed by atoms with Gasteiger partial charge in [0.1, 0.15) is 0 Å². The number of hydrogen-bond donors (Lipinski definition) is 1. The molecule has 1 heterocycles. The third-order valence-electron chi connectivity index (χ3n) is 5.45. The Morgan fingerprint density at radius 2 is 1.71 bits per heavy atom. The quantitative estimate of drug-likeness (QED) is 0.747. The van der Waals surface area contributed by atoms with Gasteiger partial charge in [-0.1, -0.05) is 50.2 Å². The van der Waals surface area contributed by atoms with Crippen molar-refractivity contribution >= 4 is 6.03 Å². The Balaban J connectivity index is 1.98. The Labute approximate surface area is 163 Å². The normalized spacial score (nSPS) is 18.0. The second-order valence-corrected chi connectivity index (χ2v) is 7.65. The van der Waals surface area contributed by atoms with Gasteiger partial charge in [-0.05, 0) is 48.1 Å². The first kappa shape index (κ1) is 20.2. The van der Waals surface area contributed by atoms with Crippen LogP contribution in [0.15, 0.2) is 48.5 Å². The fourth-order valence-electron chi connectivity index (χ4n) is 3.44. The molecule has 2 aromatic carbocycles. The molecule has 2 atom stereocenters. The zero-order valence-corrected chi connectivity index (χ0v) is 16.3. The summed E-state index contributed by atoms with van der Waals surface area (Å²) in [5, 5.41) is 3.02. The maximum absolute atomic E-state index is 13.0. The third kappa shape index (κ3) is 4.16. The van der Waals surface area contributed by atoms with Crippen LogP contribution in [0.25, 0.3) is 0 Å². The average molecular weight is 390 g/mol. The van der Waals surface area contributed by atoms with E-state index in [0.717, 1.165) is 29.7 Å². The number of fused-ring (bicyclic) bond motifs is 1. The van der Waals surface area contributed by atoms with Crippen LogP contribution in [0, 0.1) is 5.92 Å². The minimum atomic E-state index is -4.38. The summed E-state index contributed by atoms with van der Waals surface area (Å²) in [6.45, 7) is 6.53. The summed E-state index contributed by atoms with van der Waals surface area (Å²) in [6, 6.07) is 12.3. The zero-order valence-electron chi connectivity index (χ0n) is 16.3. The van der Waals surface area contributed by atoms with Crippen LogP contribution in [0.4, 0.5) is 18.0 Å². The highest BCUT2D eigenvalue weighted by Gasteiger charge is 2.34. The first-order chi connectivity index (χ1) is 13.2. The number of amides is 2. The molecule has 2 aromatic rings. The van der Waals surface area contributed by atoms with Gasteiger partial charge in [0, 0.05) is 12.6 Å². The van der Waals surface area contributed by atoms with Crippen molar-refractivity contribution in [1.29, 1.82) is 0 Å². The highest BCUT2D eigenvalue weighted by atomic mass is 19.4. The van der Waals surface area contributed by atoms with E-state index in [0.29, 0.717) is 12.1 Å². The molecule has 0 aromatic heterocycles. The second kappa shape index (κ2) is 7.86. The molecule has 1 N–H and O–H groups in total. The smallest absolute Gasteiger partial charge is 0.335 e. The highest BCUT2D eigenvalue weighted by Crippen LogP contribution is 2.37. The summed E-state index contributed by atoms with van der Waals surface area (Å²) >= 11 is 0. The molecule has 1 aliphatic heterocycles. The number of carbonyl (C=O) groups excluding carboxylic acids is 1. The van der Waals surface area contributed by atoms with E-state index < -0.39 is 17.8 Å². The van der Waals surface area contributed by atoms with Crippen molar-refractivity contribution in [3.8, 4) is 0 Å². The maximum Gasteiger partial charge on any atom is 0.416 e. The number of rotatable bonds is 3. The Morgan fingerprint density at radius 3 is 2.32 bits per heavy atom. The van der Waals surface area contributed by atoms with E-state index in [1.807, 2.05) is 45.0 Å². The van der Waals surface area contributed by atoms with Crippen LogP contribution in [0.3, 0.4) is 0 Å². The average Bonchev–Trinajstić information content (AvgIpc) is 2.66. The summed E-state index contributed by atoms with van der Waals surface area (Å²) in [4.78, 5) is 14.7. The van der Waals surface area contributed by atoms with E-state index in [1.165, 1.54) is 12.1 Å². The molecule has 1 aliphatic rings. The summed E-state index contributed by atoms with van der Waals surface area (Å²) in [5.41, 5.74) is 2.06. The molecular weight excluding hydrogens is 365 g/mol. The molecule has 0 radical (unpaired) electrons. The Bertz CT molecular complexity index is 830. The fraction of sp³-hybridized carbons (Fsp3) is 0.409. The van der Waals surface area contributed by atoms with Gasteiger partial charge in [0.05, 0.1) is 11.6 Å². The van der Waals surface area contributed by atoms with Gasteiger partial charge in [-0.3, -0.25) is 0 Å². The van der Waals surface area contributed by atoms with E-state index in [1.54, 1.807) is 4.90 Å². The van der Waals surface area contributed by atoms with E-state index in [-0.39, 0.29) is 18.0 Å². The van der Waals surface area contributed by atoms with Crippen LogP contribution in [0.5, 0.6) is 0 Å². The Morgan fingerprint density at radius 1 is 1.07 bits per heavy atom. The highest BCUT2D eigenvalue weighted by molar-refractivity contribution is 5.76. The van der Waals surface area contributed by atoms with Gasteiger partial charge >= 0.3 is 12.2 Å². The van der Waals surface area contributed by atoms with Crippen molar-refractivity contribution in [3.05, 3.63) is 70.8 Å². The largest absolute Gasteiger partial charge is 0.416 e. The monoisotopic (exact) mass is 390 g/mol. The number of urea groups is 1. The maximum atomic E-state index is 13.0. The number of carbonyl (C=O) groups is 1. The topological polar surface area (TPSA) is 32.3 Å². The standard InChI is InChI=1S/C22H25F3N2O/c1-14(2)15(3)26-21(28)27-13-12-16-6-4-5-7-19(16)20(27)17-8-10-18(11-9-17)22(23,24)25/h4-11,14-15,20H,12-13H2,1-3H3,(H,26,28)/t15?,20-/m1/s1. The first-order valence-corrected chi connectivity index (χ1v) is 9.50. The van der Waals surface area contributed by atoms with Gasteiger partial charge in [0.25, 0.3) is 0 Å². The molecule has 0 saturated carbocycles. The molecule has 3 nitrogen and oxygen atoms in total. The van der Waals surface area contributed by atoms with Crippen molar-refractivity contribution in [3.63, 3.8) is 0 Å². The lowest BCUT2D eigenvalue weighted by Crippen LogP contribution is -2.49. The zero-order chi connectivity index (χ0) is 20.5. The first-order valence-electron chi connectivity index (χ1n) is 9.50. The van der Waals surface area contributed by atoms with Gasteiger partial charge in [0.2, 0.25) is 0 Å². The van der Waals surface area contributed by atoms with Crippen molar-refractivity contribution in [2.45, 2.75) is 45.5 Å². The number of nitrogens with zero attached hydrogens (tertiary/aromatic N) is 1. The molecule has 2 amide bonds. The minimum Gasteiger partial charge on any atom is -0.335 e. The number of hydrogen-bond acceptors (Lipinski definition) is 1. The van der Waals surface area contributed by atoms with Crippen LogP contribution < -0.4 is 5.32 Å². The minimum absolute atomic E-state index is 0.00192. The number of halogens is 3. The molecule has 3 rings (SSSR count). The van der Waals surface area contributed by atoms with Crippen LogP contribution >= 0.6 is 0 Å². The molecule has 150 valence electrons. The van der Waals surface area contributed by atoms with Crippen molar-refractivity contribution in [2.24, 2.45) is 5.92 Å². The lowest BCUT2D eigenvalue weighted by atomic mass is 9.88. The van der Waals surface area contributed by atoms with E-state index in [9.17, 15) is 18.0 Å². The second-order valence-electron chi connectivity index (χ2n) is 7.65. The van der Waals surface area contributed by atoms with Crippen molar-refractivity contribution in [1.82, 2.24) is 10.2 Å². The molecule has 0 bridgehead atoms. The van der Waals surface area contributed by atoms with Gasteiger partial charge in [0.15, 0.2) is 0 Å². The van der Waals surface area contributed by atoms with Crippen LogP contribution in [0.2, 0.25) is 0 Å². The molecule has 28 heavy (non-hydrogen) atoms. The van der Waals surface area contributed by atoms with Gasteiger partial charge < -0.3 is 10.2 Å². The van der Waals surface area contributed by atoms with Crippen LogP contribution in [-0.4, -0.2) is 23.5 Å². The molecule has 6 heteroatoms. The lowest BCUT2D eigenvalue weighted by molar-refractivity contribution is -0.137. The van der Waals surface area contributed by atoms with Crippen LogP contribution in [-0.2, 0) is 12.6 Å².